The number of halogens is 1. The summed E-state index contributed by atoms with van der Waals surface area (Å²) in [6, 6.07) is 14.1. The van der Waals surface area contributed by atoms with Gasteiger partial charge in [0.05, 0.1) is 13.2 Å². The fourth-order valence-corrected chi connectivity index (χ4v) is 3.50. The number of amides is 1. The zero-order chi connectivity index (χ0) is 19.1. The van der Waals surface area contributed by atoms with E-state index in [9.17, 15) is 9.18 Å². The maximum atomic E-state index is 13.1. The van der Waals surface area contributed by atoms with Gasteiger partial charge < -0.3 is 15.0 Å². The highest BCUT2D eigenvalue weighted by atomic mass is 19.1. The van der Waals surface area contributed by atoms with Gasteiger partial charge >= 0.3 is 0 Å². The Kier molecular flexibility index (Phi) is 6.82. The van der Waals surface area contributed by atoms with Gasteiger partial charge in [0.1, 0.15) is 11.6 Å². The van der Waals surface area contributed by atoms with Crippen molar-refractivity contribution in [1.82, 2.24) is 10.2 Å². The lowest BCUT2D eigenvalue weighted by Crippen LogP contribution is -2.48. The van der Waals surface area contributed by atoms with Crippen molar-refractivity contribution in [3.8, 4) is 5.75 Å². The van der Waals surface area contributed by atoms with E-state index in [1.165, 1.54) is 12.1 Å². The van der Waals surface area contributed by atoms with Crippen LogP contribution in [0, 0.1) is 5.82 Å². The molecule has 144 valence electrons. The molecule has 5 heteroatoms. The molecule has 1 atom stereocenters. The lowest BCUT2D eigenvalue weighted by atomic mass is 10.0. The van der Waals surface area contributed by atoms with Crippen LogP contribution in [0.2, 0.25) is 0 Å². The predicted octanol–water partition coefficient (Wildman–Crippen LogP) is 3.55. The minimum absolute atomic E-state index is 0.123. The quantitative estimate of drug-likeness (QED) is 0.810. The van der Waals surface area contributed by atoms with Gasteiger partial charge in [0.25, 0.3) is 0 Å². The summed E-state index contributed by atoms with van der Waals surface area (Å²) in [5.41, 5.74) is 2.01. The summed E-state index contributed by atoms with van der Waals surface area (Å²) in [4.78, 5) is 15.0. The monoisotopic (exact) mass is 370 g/mol. The Hall–Kier alpha value is -2.40. The third kappa shape index (κ3) is 5.30. The first-order valence-corrected chi connectivity index (χ1v) is 9.56. The van der Waals surface area contributed by atoms with E-state index in [0.29, 0.717) is 19.5 Å². The number of carbonyl (C=O) groups excluding carboxylic acids is 1. The molecule has 1 fully saturated rings. The van der Waals surface area contributed by atoms with Gasteiger partial charge in [0, 0.05) is 18.7 Å². The Morgan fingerprint density at radius 3 is 2.67 bits per heavy atom. The van der Waals surface area contributed by atoms with Crippen LogP contribution in [0.15, 0.2) is 48.5 Å². The standard InChI is InChI=1S/C22H27FN2O2/c1-27-21-8-3-2-6-18(21)16-25(22(26)20-7-4-5-14-24-20)15-13-17-9-11-19(23)12-10-17/h2-3,6,8-12,20,24H,4-5,7,13-16H2,1H3/t20-/m0/s1. The number of hydrogen-bond acceptors (Lipinski definition) is 3. The molecule has 0 bridgehead atoms. The van der Waals surface area contributed by atoms with E-state index in [2.05, 4.69) is 5.32 Å². The van der Waals surface area contributed by atoms with Crippen LogP contribution >= 0.6 is 0 Å². The molecule has 0 saturated carbocycles. The second kappa shape index (κ2) is 9.51. The van der Waals surface area contributed by atoms with Crippen LogP contribution < -0.4 is 10.1 Å². The normalized spacial score (nSPS) is 16.7. The minimum atomic E-state index is -0.243. The number of nitrogens with one attached hydrogen (secondary N) is 1. The third-order valence-corrected chi connectivity index (χ3v) is 5.06. The van der Waals surface area contributed by atoms with Gasteiger partial charge in [-0.25, -0.2) is 4.39 Å². The van der Waals surface area contributed by atoms with Gasteiger partial charge in [0.15, 0.2) is 0 Å². The molecule has 3 rings (SSSR count). The predicted molar refractivity (Wildman–Crippen MR) is 104 cm³/mol. The van der Waals surface area contributed by atoms with Crippen molar-refractivity contribution in [3.63, 3.8) is 0 Å². The van der Waals surface area contributed by atoms with E-state index in [0.717, 1.165) is 42.7 Å². The average Bonchev–Trinajstić information content (AvgIpc) is 2.72. The molecule has 0 aliphatic carbocycles. The number of ether oxygens (including phenoxy) is 1. The molecule has 1 heterocycles. The molecule has 0 radical (unpaired) electrons. The maximum Gasteiger partial charge on any atom is 0.240 e. The molecule has 0 aromatic heterocycles. The number of benzene rings is 2. The van der Waals surface area contributed by atoms with Crippen LogP contribution in [0.5, 0.6) is 5.75 Å². The fraction of sp³-hybridized carbons (Fsp3) is 0.409. The Morgan fingerprint density at radius 2 is 1.96 bits per heavy atom. The van der Waals surface area contributed by atoms with Gasteiger partial charge in [-0.1, -0.05) is 36.8 Å². The molecule has 4 nitrogen and oxygen atoms in total. The first-order valence-electron chi connectivity index (χ1n) is 9.56. The number of hydrogen-bond donors (Lipinski definition) is 1. The van der Waals surface area contributed by atoms with E-state index >= 15 is 0 Å². The van der Waals surface area contributed by atoms with Gasteiger partial charge in [0.2, 0.25) is 5.91 Å². The lowest BCUT2D eigenvalue weighted by molar-refractivity contribution is -0.134. The smallest absolute Gasteiger partial charge is 0.240 e. The van der Waals surface area contributed by atoms with Gasteiger partial charge in [-0.15, -0.1) is 0 Å². The van der Waals surface area contributed by atoms with Crippen molar-refractivity contribution in [2.45, 2.75) is 38.3 Å². The number of piperidine rings is 1. The van der Waals surface area contributed by atoms with Gasteiger partial charge in [-0.05, 0) is 49.6 Å². The van der Waals surface area contributed by atoms with Crippen LogP contribution in [0.4, 0.5) is 4.39 Å². The van der Waals surface area contributed by atoms with Crippen molar-refractivity contribution in [2.24, 2.45) is 0 Å². The van der Waals surface area contributed by atoms with Crippen LogP contribution in [-0.2, 0) is 17.8 Å². The van der Waals surface area contributed by atoms with Gasteiger partial charge in [-0.3, -0.25) is 4.79 Å². The molecule has 0 spiro atoms. The van der Waals surface area contributed by atoms with Crippen LogP contribution in [0.1, 0.15) is 30.4 Å². The molecular weight excluding hydrogens is 343 g/mol. The van der Waals surface area contributed by atoms with Crippen LogP contribution in [-0.4, -0.2) is 37.0 Å². The summed E-state index contributed by atoms with van der Waals surface area (Å²) in [6.45, 7) is 1.97. The van der Waals surface area contributed by atoms with Crippen LogP contribution in [0.3, 0.4) is 0 Å². The molecule has 2 aromatic carbocycles. The summed E-state index contributed by atoms with van der Waals surface area (Å²) in [5, 5.41) is 3.35. The highest BCUT2D eigenvalue weighted by Gasteiger charge is 2.26. The maximum absolute atomic E-state index is 13.1. The highest BCUT2D eigenvalue weighted by molar-refractivity contribution is 5.82. The molecule has 1 saturated heterocycles. The molecule has 1 N–H and O–H groups in total. The molecule has 2 aromatic rings. The summed E-state index contributed by atoms with van der Waals surface area (Å²) in [5.74, 6) is 0.670. The summed E-state index contributed by atoms with van der Waals surface area (Å²) in [6.07, 6.45) is 3.75. The molecule has 27 heavy (non-hydrogen) atoms. The zero-order valence-electron chi connectivity index (χ0n) is 15.8. The number of carbonyl (C=O) groups is 1. The second-order valence-corrected chi connectivity index (χ2v) is 6.95. The van der Waals surface area contributed by atoms with Crippen molar-refractivity contribution < 1.29 is 13.9 Å². The topological polar surface area (TPSA) is 41.6 Å². The Labute approximate surface area is 160 Å². The molecule has 0 unspecified atom stereocenters. The number of nitrogens with zero attached hydrogens (tertiary/aromatic N) is 1. The fourth-order valence-electron chi connectivity index (χ4n) is 3.50. The van der Waals surface area contributed by atoms with E-state index in [1.807, 2.05) is 29.2 Å². The van der Waals surface area contributed by atoms with E-state index in [4.69, 9.17) is 4.74 Å². The number of methoxy groups -OCH3 is 1. The highest BCUT2D eigenvalue weighted by Crippen LogP contribution is 2.21. The molecular formula is C22H27FN2O2. The Morgan fingerprint density at radius 1 is 1.19 bits per heavy atom. The van der Waals surface area contributed by atoms with E-state index in [-0.39, 0.29) is 17.8 Å². The average molecular weight is 370 g/mol. The first-order chi connectivity index (χ1) is 13.2. The van der Waals surface area contributed by atoms with Crippen LogP contribution in [0.25, 0.3) is 0 Å². The van der Waals surface area contributed by atoms with Crippen molar-refractivity contribution in [2.75, 3.05) is 20.2 Å². The van der Waals surface area contributed by atoms with Crippen molar-refractivity contribution >= 4 is 5.91 Å². The van der Waals surface area contributed by atoms with E-state index in [1.54, 1.807) is 19.2 Å². The van der Waals surface area contributed by atoms with Gasteiger partial charge in [-0.2, -0.15) is 0 Å². The number of para-hydroxylation sites is 1. The molecule has 1 aliphatic heterocycles. The minimum Gasteiger partial charge on any atom is -0.496 e. The lowest BCUT2D eigenvalue weighted by Gasteiger charge is -2.30. The van der Waals surface area contributed by atoms with E-state index < -0.39 is 0 Å². The zero-order valence-corrected chi connectivity index (χ0v) is 15.8. The van der Waals surface area contributed by atoms with Crippen molar-refractivity contribution in [3.05, 3.63) is 65.5 Å². The molecule has 1 aliphatic rings. The largest absolute Gasteiger partial charge is 0.496 e. The summed E-state index contributed by atoms with van der Waals surface area (Å²) in [7, 11) is 1.65. The third-order valence-electron chi connectivity index (χ3n) is 5.06. The Bertz CT molecular complexity index is 742. The SMILES string of the molecule is COc1ccccc1CN(CCc1ccc(F)cc1)C(=O)[C@@H]1CCCCN1. The number of rotatable bonds is 7. The first kappa shape index (κ1) is 19.4. The Balaban J connectivity index is 1.74. The molecule has 1 amide bonds. The second-order valence-electron chi connectivity index (χ2n) is 6.95. The summed E-state index contributed by atoms with van der Waals surface area (Å²) < 4.78 is 18.6. The van der Waals surface area contributed by atoms with Crippen molar-refractivity contribution in [1.29, 1.82) is 0 Å². The summed E-state index contributed by atoms with van der Waals surface area (Å²) >= 11 is 0.